The van der Waals surface area contributed by atoms with Crippen molar-refractivity contribution in [1.29, 1.82) is 0 Å². The van der Waals surface area contributed by atoms with Crippen LogP contribution < -0.4 is 10.9 Å². The van der Waals surface area contributed by atoms with Crippen LogP contribution in [-0.2, 0) is 11.3 Å². The van der Waals surface area contributed by atoms with Crippen molar-refractivity contribution in [2.45, 2.75) is 59.5 Å². The van der Waals surface area contributed by atoms with Crippen molar-refractivity contribution in [2.75, 3.05) is 5.32 Å². The third-order valence-electron chi connectivity index (χ3n) is 3.90. The van der Waals surface area contributed by atoms with Crippen LogP contribution in [0, 0.1) is 6.92 Å². The molecule has 8 heteroatoms. The highest BCUT2D eigenvalue weighted by molar-refractivity contribution is 5.79. The second-order valence-corrected chi connectivity index (χ2v) is 6.07. The Morgan fingerprint density at radius 3 is 2.58 bits per heavy atom. The van der Waals surface area contributed by atoms with Crippen molar-refractivity contribution in [1.82, 2.24) is 19.9 Å². The second kappa shape index (κ2) is 7.37. The molecule has 0 saturated carbocycles. The van der Waals surface area contributed by atoms with Gasteiger partial charge in [-0.15, -0.1) is 0 Å². The number of ketones is 1. The molecule has 2 aromatic rings. The molecule has 0 fully saturated rings. The molecule has 0 amide bonds. The Hall–Kier alpha value is -2.51. The Balaban J connectivity index is 2.42. The van der Waals surface area contributed by atoms with E-state index in [-0.39, 0.29) is 29.6 Å². The average Bonchev–Trinajstić information content (AvgIpc) is 2.93. The maximum Gasteiger partial charge on any atom is 0.293 e. The van der Waals surface area contributed by atoms with Crippen LogP contribution in [0.15, 0.2) is 15.6 Å². The molecule has 1 unspecified atom stereocenters. The van der Waals surface area contributed by atoms with Crippen molar-refractivity contribution in [3.8, 4) is 0 Å². The van der Waals surface area contributed by atoms with E-state index < -0.39 is 6.04 Å². The molecule has 24 heavy (non-hydrogen) atoms. The highest BCUT2D eigenvalue weighted by atomic mass is 16.6. The molecule has 2 aromatic heterocycles. The van der Waals surface area contributed by atoms with Gasteiger partial charge in [-0.3, -0.25) is 9.59 Å². The van der Waals surface area contributed by atoms with Gasteiger partial charge in [0.2, 0.25) is 0 Å². The summed E-state index contributed by atoms with van der Waals surface area (Å²) >= 11 is 0. The number of nitrogens with one attached hydrogen (secondary N) is 1. The number of hydrogen-bond acceptors (Lipinski definition) is 7. The predicted molar refractivity (Wildman–Crippen MR) is 89.0 cm³/mol. The van der Waals surface area contributed by atoms with Gasteiger partial charge in [0.15, 0.2) is 11.6 Å². The lowest BCUT2D eigenvalue weighted by Gasteiger charge is -2.19. The number of carbonyl (C=O) groups excluding carboxylic acids is 1. The summed E-state index contributed by atoms with van der Waals surface area (Å²) in [6, 6.07) is -0.492. The van der Waals surface area contributed by atoms with Gasteiger partial charge in [-0.25, -0.2) is 9.61 Å². The Morgan fingerprint density at radius 2 is 2.08 bits per heavy atom. The van der Waals surface area contributed by atoms with Crippen molar-refractivity contribution in [3.05, 3.63) is 33.6 Å². The lowest BCUT2D eigenvalue weighted by molar-refractivity contribution is -0.120. The normalized spacial score (nSPS) is 12.4. The van der Waals surface area contributed by atoms with E-state index in [1.54, 1.807) is 13.1 Å². The monoisotopic (exact) mass is 333 g/mol. The molecule has 8 nitrogen and oxygen atoms in total. The molecular weight excluding hydrogens is 310 g/mol. The topological polar surface area (TPSA) is 103 Å². The summed E-state index contributed by atoms with van der Waals surface area (Å²) in [5.74, 6) is 0.267. The number of hydrogen-bond donors (Lipinski definition) is 1. The SMILES string of the molecule is CCC(C(C)=O)n1cc(C(C)C)nc(NCc2nonc2C)c1=O. The van der Waals surface area contributed by atoms with Crippen LogP contribution in [-0.4, -0.2) is 25.6 Å². The van der Waals surface area contributed by atoms with Gasteiger partial charge in [0.1, 0.15) is 11.4 Å². The molecular formula is C16H23N5O3. The largest absolute Gasteiger partial charge is 0.360 e. The van der Waals surface area contributed by atoms with Gasteiger partial charge >= 0.3 is 0 Å². The third kappa shape index (κ3) is 3.69. The molecule has 0 bridgehead atoms. The fourth-order valence-corrected chi connectivity index (χ4v) is 2.41. The van der Waals surface area contributed by atoms with Crippen LogP contribution in [0.25, 0.3) is 0 Å². The number of anilines is 1. The second-order valence-electron chi connectivity index (χ2n) is 6.07. The molecule has 0 aromatic carbocycles. The summed E-state index contributed by atoms with van der Waals surface area (Å²) in [6.07, 6.45) is 2.22. The number of carbonyl (C=O) groups is 1. The van der Waals surface area contributed by atoms with Gasteiger partial charge in [0, 0.05) is 6.20 Å². The smallest absolute Gasteiger partial charge is 0.293 e. The number of nitrogens with zero attached hydrogens (tertiary/aromatic N) is 4. The van der Waals surface area contributed by atoms with Crippen LogP contribution in [0.2, 0.25) is 0 Å². The average molecular weight is 333 g/mol. The van der Waals surface area contributed by atoms with Crippen molar-refractivity contribution in [3.63, 3.8) is 0 Å². The lowest BCUT2D eigenvalue weighted by atomic mass is 10.1. The van der Waals surface area contributed by atoms with Gasteiger partial charge in [0.05, 0.1) is 18.3 Å². The zero-order chi connectivity index (χ0) is 17.9. The van der Waals surface area contributed by atoms with E-state index >= 15 is 0 Å². The minimum Gasteiger partial charge on any atom is -0.360 e. The van der Waals surface area contributed by atoms with E-state index in [0.717, 1.165) is 5.69 Å². The Bertz CT molecular complexity index is 778. The maximum atomic E-state index is 12.7. The first-order valence-corrected chi connectivity index (χ1v) is 8.00. The molecule has 130 valence electrons. The molecule has 1 N–H and O–H groups in total. The molecule has 0 aliphatic carbocycles. The van der Waals surface area contributed by atoms with E-state index in [9.17, 15) is 9.59 Å². The molecule has 0 saturated heterocycles. The summed E-state index contributed by atoms with van der Waals surface area (Å²) in [5, 5.41) is 10.5. The summed E-state index contributed by atoms with van der Waals surface area (Å²) in [7, 11) is 0. The molecule has 1 atom stereocenters. The van der Waals surface area contributed by atoms with E-state index in [0.29, 0.717) is 17.8 Å². The Morgan fingerprint density at radius 1 is 1.38 bits per heavy atom. The summed E-state index contributed by atoms with van der Waals surface area (Å²) in [6.45, 7) is 9.39. The first-order valence-electron chi connectivity index (χ1n) is 8.00. The van der Waals surface area contributed by atoms with Gasteiger partial charge in [-0.05, 0) is 26.2 Å². The van der Waals surface area contributed by atoms with Gasteiger partial charge in [0.25, 0.3) is 5.56 Å². The maximum absolute atomic E-state index is 12.7. The first-order chi connectivity index (χ1) is 11.3. The van der Waals surface area contributed by atoms with Gasteiger partial charge < -0.3 is 9.88 Å². The molecule has 2 rings (SSSR count). The third-order valence-corrected chi connectivity index (χ3v) is 3.90. The van der Waals surface area contributed by atoms with Crippen molar-refractivity contribution >= 4 is 11.6 Å². The highest BCUT2D eigenvalue weighted by Crippen LogP contribution is 2.17. The predicted octanol–water partition coefficient (Wildman–Crippen LogP) is 2.21. The quantitative estimate of drug-likeness (QED) is 0.828. The van der Waals surface area contributed by atoms with Gasteiger partial charge in [-0.1, -0.05) is 31.1 Å². The van der Waals surface area contributed by atoms with E-state index in [1.165, 1.54) is 11.5 Å². The fourth-order valence-electron chi connectivity index (χ4n) is 2.41. The summed E-state index contributed by atoms with van der Waals surface area (Å²) in [4.78, 5) is 29.0. The molecule has 0 aliphatic rings. The molecule has 2 heterocycles. The molecule has 0 aliphatic heterocycles. The van der Waals surface area contributed by atoms with Crippen LogP contribution in [0.4, 0.5) is 5.82 Å². The van der Waals surface area contributed by atoms with Crippen LogP contribution in [0.1, 0.15) is 63.2 Å². The van der Waals surface area contributed by atoms with E-state index in [2.05, 4.69) is 25.2 Å². The standard InChI is InChI=1S/C16H23N5O3/c1-6-14(11(5)22)21-8-13(9(2)3)18-15(16(21)23)17-7-12-10(4)19-24-20-12/h8-9,14H,6-7H2,1-5H3,(H,17,18). The Kier molecular flexibility index (Phi) is 5.48. The van der Waals surface area contributed by atoms with Crippen LogP contribution >= 0.6 is 0 Å². The van der Waals surface area contributed by atoms with E-state index in [4.69, 9.17) is 0 Å². The van der Waals surface area contributed by atoms with Crippen molar-refractivity contribution in [2.24, 2.45) is 0 Å². The fraction of sp³-hybridized carbons (Fsp3) is 0.562. The van der Waals surface area contributed by atoms with E-state index in [1.807, 2.05) is 20.8 Å². The number of Topliss-reactive ketones (excluding diaryl/α,β-unsaturated/α-hetero) is 1. The van der Waals surface area contributed by atoms with Gasteiger partial charge in [-0.2, -0.15) is 0 Å². The van der Waals surface area contributed by atoms with Crippen LogP contribution in [0.3, 0.4) is 0 Å². The number of aryl methyl sites for hydroxylation is 1. The summed E-state index contributed by atoms with van der Waals surface area (Å²) in [5.41, 5.74) is 1.68. The summed E-state index contributed by atoms with van der Waals surface area (Å²) < 4.78 is 6.12. The van der Waals surface area contributed by atoms with Crippen LogP contribution in [0.5, 0.6) is 0 Å². The number of rotatable bonds is 7. The zero-order valence-electron chi connectivity index (χ0n) is 14.7. The minimum absolute atomic E-state index is 0.0528. The molecule has 0 spiro atoms. The molecule has 0 radical (unpaired) electrons. The minimum atomic E-state index is -0.492. The van der Waals surface area contributed by atoms with Crippen molar-refractivity contribution < 1.29 is 9.42 Å². The Labute approximate surface area is 140 Å². The lowest BCUT2D eigenvalue weighted by Crippen LogP contribution is -2.32. The first kappa shape index (κ1) is 17.8. The number of aromatic nitrogens is 4. The highest BCUT2D eigenvalue weighted by Gasteiger charge is 2.20. The zero-order valence-corrected chi connectivity index (χ0v) is 14.7.